The predicted molar refractivity (Wildman–Crippen MR) is 122 cm³/mol. The van der Waals surface area contributed by atoms with Gasteiger partial charge in [-0.3, -0.25) is 9.52 Å². The minimum Gasteiger partial charge on any atom is -0.495 e. The lowest BCUT2D eigenvalue weighted by molar-refractivity contribution is 0.0526. The van der Waals surface area contributed by atoms with Gasteiger partial charge in [-0.1, -0.05) is 17.7 Å². The van der Waals surface area contributed by atoms with Gasteiger partial charge in [-0.2, -0.15) is 0 Å². The molecule has 174 valence electrons. The maximum Gasteiger partial charge on any atom is 0.407 e. The monoisotopic (exact) mass is 463 g/mol. The number of alkyl carbamates (subject to hydrolysis) is 1. The number of amides is 2. The van der Waals surface area contributed by atoms with E-state index < -0.39 is 27.6 Å². The lowest BCUT2D eigenvalue weighted by Gasteiger charge is -2.19. The minimum atomic E-state index is -4.01. The summed E-state index contributed by atoms with van der Waals surface area (Å²) < 4.78 is 38.6. The number of benzene rings is 2. The molecular weight excluding hydrogens is 434 g/mol. The molecule has 2 rings (SSSR count). The second kappa shape index (κ2) is 10.4. The van der Waals surface area contributed by atoms with Crippen molar-refractivity contribution in [2.24, 2.45) is 0 Å². The van der Waals surface area contributed by atoms with E-state index in [1.165, 1.54) is 25.3 Å². The summed E-state index contributed by atoms with van der Waals surface area (Å²) >= 11 is 0. The molecule has 0 fully saturated rings. The zero-order valence-corrected chi connectivity index (χ0v) is 19.6. The molecule has 0 aliphatic carbocycles. The normalized spacial score (nSPS) is 11.4. The molecule has 32 heavy (non-hydrogen) atoms. The van der Waals surface area contributed by atoms with Crippen LogP contribution in [0.5, 0.6) is 5.75 Å². The van der Waals surface area contributed by atoms with Crippen LogP contribution >= 0.6 is 0 Å². The Bertz CT molecular complexity index is 1060. The van der Waals surface area contributed by atoms with Crippen LogP contribution in [-0.2, 0) is 14.8 Å². The summed E-state index contributed by atoms with van der Waals surface area (Å²) in [5, 5.41) is 5.15. The number of hydrogen-bond acceptors (Lipinski definition) is 6. The average molecular weight is 464 g/mol. The standard InChI is InChI=1S/C22H29N3O6S/c1-15-6-9-17(10-7-15)25-32(28,29)19-14-16(8-11-18(19)30-5)20(26)23-12-13-24-21(27)31-22(2,3)4/h6-11,14,25H,12-13H2,1-5H3,(H,23,26)(H,24,27). The molecule has 0 atom stereocenters. The predicted octanol–water partition coefficient (Wildman–Crippen LogP) is 3.06. The van der Waals surface area contributed by atoms with Crippen LogP contribution in [0.1, 0.15) is 36.7 Å². The molecule has 0 bridgehead atoms. The number of carbonyl (C=O) groups is 2. The topological polar surface area (TPSA) is 123 Å². The molecule has 0 spiro atoms. The third kappa shape index (κ3) is 7.45. The van der Waals surface area contributed by atoms with Crippen molar-refractivity contribution in [1.29, 1.82) is 0 Å². The molecule has 0 heterocycles. The fourth-order valence-corrected chi connectivity index (χ4v) is 3.87. The van der Waals surface area contributed by atoms with Gasteiger partial charge in [-0.15, -0.1) is 0 Å². The van der Waals surface area contributed by atoms with E-state index in [1.54, 1.807) is 45.0 Å². The average Bonchev–Trinajstić information content (AvgIpc) is 2.71. The van der Waals surface area contributed by atoms with E-state index in [1.807, 2.05) is 6.92 Å². The van der Waals surface area contributed by atoms with Gasteiger partial charge in [-0.05, 0) is 58.0 Å². The van der Waals surface area contributed by atoms with Gasteiger partial charge in [0.1, 0.15) is 16.2 Å². The first-order valence-corrected chi connectivity index (χ1v) is 11.4. The number of hydrogen-bond donors (Lipinski definition) is 3. The van der Waals surface area contributed by atoms with E-state index >= 15 is 0 Å². The van der Waals surface area contributed by atoms with Crippen LogP contribution in [0.2, 0.25) is 0 Å². The Morgan fingerprint density at radius 2 is 1.59 bits per heavy atom. The molecule has 0 aromatic heterocycles. The maximum absolute atomic E-state index is 12.9. The van der Waals surface area contributed by atoms with E-state index in [9.17, 15) is 18.0 Å². The highest BCUT2D eigenvalue weighted by Crippen LogP contribution is 2.27. The van der Waals surface area contributed by atoms with Crippen molar-refractivity contribution in [2.75, 3.05) is 24.9 Å². The quantitative estimate of drug-likeness (QED) is 0.517. The Morgan fingerprint density at radius 3 is 2.19 bits per heavy atom. The zero-order chi connectivity index (χ0) is 23.9. The number of methoxy groups -OCH3 is 1. The van der Waals surface area contributed by atoms with Crippen molar-refractivity contribution in [3.63, 3.8) is 0 Å². The van der Waals surface area contributed by atoms with Gasteiger partial charge in [0.05, 0.1) is 7.11 Å². The highest BCUT2D eigenvalue weighted by Gasteiger charge is 2.22. The number of nitrogens with one attached hydrogen (secondary N) is 3. The van der Waals surface area contributed by atoms with E-state index in [-0.39, 0.29) is 29.3 Å². The second-order valence-corrected chi connectivity index (χ2v) is 9.67. The van der Waals surface area contributed by atoms with Gasteiger partial charge in [0.25, 0.3) is 15.9 Å². The number of ether oxygens (including phenoxy) is 2. The number of carbonyl (C=O) groups excluding carboxylic acids is 2. The largest absolute Gasteiger partial charge is 0.495 e. The van der Waals surface area contributed by atoms with Gasteiger partial charge in [0, 0.05) is 24.3 Å². The number of rotatable bonds is 8. The molecule has 0 radical (unpaired) electrons. The molecule has 10 heteroatoms. The minimum absolute atomic E-state index is 0.104. The van der Waals surface area contributed by atoms with Crippen molar-refractivity contribution >= 4 is 27.7 Å². The summed E-state index contributed by atoms with van der Waals surface area (Å²) in [6.07, 6.45) is -0.591. The molecule has 0 aliphatic heterocycles. The first-order valence-electron chi connectivity index (χ1n) is 9.94. The molecular formula is C22H29N3O6S. The number of sulfonamides is 1. The van der Waals surface area contributed by atoms with Crippen LogP contribution < -0.4 is 20.1 Å². The molecule has 0 aliphatic rings. The third-order valence-electron chi connectivity index (χ3n) is 4.10. The van der Waals surface area contributed by atoms with Gasteiger partial charge in [-0.25, -0.2) is 13.2 Å². The molecule has 2 aromatic rings. The van der Waals surface area contributed by atoms with E-state index in [0.29, 0.717) is 5.69 Å². The Kier molecular flexibility index (Phi) is 8.09. The summed E-state index contributed by atoms with van der Waals surface area (Å²) in [5.74, 6) is -0.391. The van der Waals surface area contributed by atoms with Crippen LogP contribution in [0.15, 0.2) is 47.4 Å². The molecule has 0 unspecified atom stereocenters. The van der Waals surface area contributed by atoms with Crippen molar-refractivity contribution in [3.8, 4) is 5.75 Å². The Morgan fingerprint density at radius 1 is 0.969 bits per heavy atom. The van der Waals surface area contributed by atoms with Crippen molar-refractivity contribution in [3.05, 3.63) is 53.6 Å². The van der Waals surface area contributed by atoms with Crippen LogP contribution in [0.4, 0.5) is 10.5 Å². The summed E-state index contributed by atoms with van der Waals surface area (Å²) in [5.41, 5.74) is 0.892. The zero-order valence-electron chi connectivity index (χ0n) is 18.8. The Hall–Kier alpha value is -3.27. The smallest absolute Gasteiger partial charge is 0.407 e. The van der Waals surface area contributed by atoms with E-state index in [2.05, 4.69) is 15.4 Å². The lowest BCUT2D eigenvalue weighted by Crippen LogP contribution is -2.37. The Labute approximate surface area is 188 Å². The van der Waals surface area contributed by atoms with Crippen molar-refractivity contribution < 1.29 is 27.5 Å². The summed E-state index contributed by atoms with van der Waals surface area (Å²) in [6.45, 7) is 7.42. The molecule has 9 nitrogen and oxygen atoms in total. The van der Waals surface area contributed by atoms with Gasteiger partial charge in [0.15, 0.2) is 0 Å². The van der Waals surface area contributed by atoms with Crippen LogP contribution in [0.3, 0.4) is 0 Å². The van der Waals surface area contributed by atoms with Crippen molar-refractivity contribution in [1.82, 2.24) is 10.6 Å². The highest BCUT2D eigenvalue weighted by molar-refractivity contribution is 7.92. The van der Waals surface area contributed by atoms with E-state index in [0.717, 1.165) is 5.56 Å². The number of anilines is 1. The molecule has 2 amide bonds. The highest BCUT2D eigenvalue weighted by atomic mass is 32.2. The third-order valence-corrected chi connectivity index (χ3v) is 5.50. The SMILES string of the molecule is COc1ccc(C(=O)NCCNC(=O)OC(C)(C)C)cc1S(=O)(=O)Nc1ccc(C)cc1. The first-order chi connectivity index (χ1) is 14.9. The molecule has 3 N–H and O–H groups in total. The van der Waals surface area contributed by atoms with Crippen molar-refractivity contribution in [2.45, 2.75) is 38.2 Å². The maximum atomic E-state index is 12.9. The van der Waals surface area contributed by atoms with E-state index in [4.69, 9.17) is 9.47 Å². The summed E-state index contributed by atoms with van der Waals surface area (Å²) in [7, 11) is -2.66. The second-order valence-electron chi connectivity index (χ2n) is 8.02. The first kappa shape index (κ1) is 25.0. The summed E-state index contributed by atoms with van der Waals surface area (Å²) in [6, 6.07) is 11.0. The molecule has 0 saturated carbocycles. The Balaban J connectivity index is 2.07. The summed E-state index contributed by atoms with van der Waals surface area (Å²) in [4.78, 5) is 23.9. The van der Waals surface area contributed by atoms with Gasteiger partial charge >= 0.3 is 6.09 Å². The van der Waals surface area contributed by atoms with Crippen LogP contribution in [0.25, 0.3) is 0 Å². The van der Waals surface area contributed by atoms with Crippen LogP contribution in [0, 0.1) is 6.92 Å². The van der Waals surface area contributed by atoms with Crippen LogP contribution in [-0.4, -0.2) is 46.2 Å². The fourth-order valence-electron chi connectivity index (χ4n) is 2.62. The fraction of sp³-hybridized carbons (Fsp3) is 0.364. The van der Waals surface area contributed by atoms with Gasteiger partial charge < -0.3 is 20.1 Å². The van der Waals surface area contributed by atoms with Gasteiger partial charge in [0.2, 0.25) is 0 Å². The molecule has 2 aromatic carbocycles. The lowest BCUT2D eigenvalue weighted by atomic mass is 10.2. The molecule has 0 saturated heterocycles. The number of aryl methyl sites for hydroxylation is 1.